The number of aryl methyl sites for hydroxylation is 2. The lowest BCUT2D eigenvalue weighted by atomic mass is 10.0. The van der Waals surface area contributed by atoms with Gasteiger partial charge in [0.2, 0.25) is 0 Å². The minimum Gasteiger partial charge on any atom is -0.497 e. The number of fused-ring (bicyclic) bond motifs is 4. The second kappa shape index (κ2) is 8.22. The summed E-state index contributed by atoms with van der Waals surface area (Å²) in [5.74, 6) is 1.58. The molecule has 6 nitrogen and oxygen atoms in total. The molecule has 156 valence electrons. The van der Waals surface area contributed by atoms with Crippen molar-refractivity contribution in [2.24, 2.45) is 0 Å². The summed E-state index contributed by atoms with van der Waals surface area (Å²) in [6, 6.07) is 13.4. The molecule has 0 fully saturated rings. The van der Waals surface area contributed by atoms with Crippen LogP contribution in [0.5, 0.6) is 11.5 Å². The molecule has 1 atom stereocenters. The Kier molecular flexibility index (Phi) is 5.48. The molecule has 1 unspecified atom stereocenters. The first-order valence-corrected chi connectivity index (χ1v) is 10.1. The van der Waals surface area contributed by atoms with Crippen LogP contribution in [0.2, 0.25) is 0 Å². The van der Waals surface area contributed by atoms with Crippen LogP contribution in [0.25, 0.3) is 10.9 Å². The Morgan fingerprint density at radius 1 is 1.17 bits per heavy atom. The lowest BCUT2D eigenvalue weighted by molar-refractivity contribution is -0.122. The molecule has 0 saturated carbocycles. The first-order chi connectivity index (χ1) is 14.6. The quantitative estimate of drug-likeness (QED) is 0.654. The van der Waals surface area contributed by atoms with Crippen molar-refractivity contribution in [3.63, 3.8) is 0 Å². The number of anilines is 1. The number of carboxylic acid groups (broad SMARTS) is 1. The molecule has 2 aromatic carbocycles. The van der Waals surface area contributed by atoms with Crippen molar-refractivity contribution in [3.8, 4) is 11.5 Å². The van der Waals surface area contributed by atoms with Crippen LogP contribution < -0.4 is 14.4 Å². The van der Waals surface area contributed by atoms with Gasteiger partial charge in [0.1, 0.15) is 17.0 Å². The molecule has 1 N–H and O–H groups in total. The van der Waals surface area contributed by atoms with Crippen molar-refractivity contribution in [3.05, 3.63) is 58.8 Å². The van der Waals surface area contributed by atoms with Crippen LogP contribution in [-0.4, -0.2) is 37.3 Å². The number of rotatable bonds is 3. The molecular weight excluding hydrogens is 380 g/mol. The van der Waals surface area contributed by atoms with Gasteiger partial charge < -0.3 is 19.5 Å². The zero-order valence-electron chi connectivity index (χ0n) is 17.5. The van der Waals surface area contributed by atoms with Crippen molar-refractivity contribution in [1.29, 1.82) is 0 Å². The van der Waals surface area contributed by atoms with E-state index in [2.05, 4.69) is 42.2 Å². The fraction of sp³-hybridized carbons (Fsp3) is 0.333. The Morgan fingerprint density at radius 2 is 1.93 bits per heavy atom. The fourth-order valence-electron chi connectivity index (χ4n) is 4.86. The number of methoxy groups -OCH3 is 2. The SMILES string of the molecule is COc1cc(OC)c2nc(C)c3c(c2c1)N(C1CCc2ccccc21)CC3.O=CO. The van der Waals surface area contributed by atoms with Crippen molar-refractivity contribution in [1.82, 2.24) is 4.98 Å². The molecule has 0 saturated heterocycles. The molecule has 0 spiro atoms. The van der Waals surface area contributed by atoms with E-state index in [0.717, 1.165) is 47.5 Å². The lowest BCUT2D eigenvalue weighted by Crippen LogP contribution is -2.25. The van der Waals surface area contributed by atoms with Gasteiger partial charge in [-0.2, -0.15) is 0 Å². The second-order valence-corrected chi connectivity index (χ2v) is 7.55. The third kappa shape index (κ3) is 3.22. The van der Waals surface area contributed by atoms with E-state index in [0.29, 0.717) is 6.04 Å². The number of hydrogen-bond donors (Lipinski definition) is 1. The van der Waals surface area contributed by atoms with Gasteiger partial charge in [-0.1, -0.05) is 24.3 Å². The smallest absolute Gasteiger partial charge is 0.290 e. The molecule has 2 heterocycles. The van der Waals surface area contributed by atoms with Crippen molar-refractivity contribution in [2.45, 2.75) is 32.2 Å². The summed E-state index contributed by atoms with van der Waals surface area (Å²) in [6.45, 7) is 2.91. The van der Waals surface area contributed by atoms with E-state index in [1.165, 1.54) is 28.8 Å². The van der Waals surface area contributed by atoms with E-state index >= 15 is 0 Å². The number of ether oxygens (including phenoxy) is 2. The largest absolute Gasteiger partial charge is 0.497 e. The summed E-state index contributed by atoms with van der Waals surface area (Å²) >= 11 is 0. The van der Waals surface area contributed by atoms with Crippen LogP contribution in [-0.2, 0) is 17.6 Å². The maximum Gasteiger partial charge on any atom is 0.290 e. The average molecular weight is 406 g/mol. The second-order valence-electron chi connectivity index (χ2n) is 7.55. The number of benzene rings is 2. The van der Waals surface area contributed by atoms with Gasteiger partial charge >= 0.3 is 0 Å². The van der Waals surface area contributed by atoms with E-state index in [4.69, 9.17) is 24.4 Å². The highest BCUT2D eigenvalue weighted by atomic mass is 16.5. The number of carbonyl (C=O) groups is 1. The standard InChI is InChI=1S/C23H24N2O2.CH2O2/c1-14-17-10-11-25(20-9-8-15-6-4-5-7-18(15)20)23(17)19-12-16(26-2)13-21(27-3)22(19)24-14;2-1-3/h4-7,12-13,20H,8-11H2,1-3H3;1H,(H,2,3). The molecule has 3 aromatic rings. The highest BCUT2D eigenvalue weighted by Crippen LogP contribution is 2.47. The fourth-order valence-corrected chi connectivity index (χ4v) is 4.86. The number of hydrogen-bond acceptors (Lipinski definition) is 5. The van der Waals surface area contributed by atoms with Gasteiger partial charge in [0.05, 0.1) is 25.9 Å². The molecule has 5 rings (SSSR count). The molecular formula is C24H26N2O4. The Morgan fingerprint density at radius 3 is 2.67 bits per heavy atom. The zero-order chi connectivity index (χ0) is 21.3. The predicted octanol–water partition coefficient (Wildman–Crippen LogP) is 4.31. The molecule has 30 heavy (non-hydrogen) atoms. The first-order valence-electron chi connectivity index (χ1n) is 10.1. The highest BCUT2D eigenvalue weighted by molar-refractivity contribution is 5.99. The zero-order valence-corrected chi connectivity index (χ0v) is 17.5. The molecule has 2 aliphatic rings. The monoisotopic (exact) mass is 406 g/mol. The Hall–Kier alpha value is -3.28. The summed E-state index contributed by atoms with van der Waals surface area (Å²) < 4.78 is 11.2. The number of aromatic nitrogens is 1. The van der Waals surface area contributed by atoms with Crippen molar-refractivity contribution < 1.29 is 19.4 Å². The molecule has 0 amide bonds. The summed E-state index contributed by atoms with van der Waals surface area (Å²) in [5.41, 5.74) is 7.67. The minimum atomic E-state index is -0.250. The van der Waals surface area contributed by atoms with Gasteiger partial charge in [0, 0.05) is 23.7 Å². The van der Waals surface area contributed by atoms with Gasteiger partial charge in [-0.25, -0.2) is 4.98 Å². The average Bonchev–Trinajstić information content (AvgIpc) is 3.38. The molecule has 0 bridgehead atoms. The number of pyridine rings is 1. The van der Waals surface area contributed by atoms with E-state index in [-0.39, 0.29) is 6.47 Å². The maximum absolute atomic E-state index is 8.36. The van der Waals surface area contributed by atoms with Gasteiger partial charge in [-0.3, -0.25) is 4.79 Å². The Balaban J connectivity index is 0.000000687. The summed E-state index contributed by atoms with van der Waals surface area (Å²) in [5, 5.41) is 8.02. The summed E-state index contributed by atoms with van der Waals surface area (Å²) in [4.78, 5) is 15.8. The van der Waals surface area contributed by atoms with Crippen molar-refractivity contribution in [2.75, 3.05) is 25.7 Å². The predicted molar refractivity (Wildman–Crippen MR) is 117 cm³/mol. The van der Waals surface area contributed by atoms with E-state index in [9.17, 15) is 0 Å². The lowest BCUT2D eigenvalue weighted by Gasteiger charge is -2.29. The Labute approximate surface area is 176 Å². The van der Waals surface area contributed by atoms with Gasteiger partial charge in [-0.15, -0.1) is 0 Å². The Bertz CT molecular complexity index is 1100. The van der Waals surface area contributed by atoms with Crippen LogP contribution in [0.3, 0.4) is 0 Å². The molecule has 1 aliphatic carbocycles. The maximum atomic E-state index is 8.36. The number of nitrogens with zero attached hydrogens (tertiary/aromatic N) is 2. The molecule has 1 aliphatic heterocycles. The third-order valence-electron chi connectivity index (χ3n) is 6.13. The third-order valence-corrected chi connectivity index (χ3v) is 6.13. The van der Waals surface area contributed by atoms with Gasteiger partial charge in [-0.05, 0) is 48.9 Å². The highest BCUT2D eigenvalue weighted by Gasteiger charge is 2.34. The minimum absolute atomic E-state index is 0.250. The van der Waals surface area contributed by atoms with Crippen LogP contribution in [0.1, 0.15) is 34.8 Å². The van der Waals surface area contributed by atoms with Crippen LogP contribution in [0, 0.1) is 6.92 Å². The van der Waals surface area contributed by atoms with Crippen molar-refractivity contribution >= 4 is 23.1 Å². The van der Waals surface area contributed by atoms with Crippen LogP contribution in [0.4, 0.5) is 5.69 Å². The van der Waals surface area contributed by atoms with Crippen LogP contribution in [0.15, 0.2) is 36.4 Å². The van der Waals surface area contributed by atoms with E-state index < -0.39 is 0 Å². The van der Waals surface area contributed by atoms with Gasteiger partial charge in [0.15, 0.2) is 0 Å². The normalized spacial score (nSPS) is 16.5. The topological polar surface area (TPSA) is 71.9 Å². The van der Waals surface area contributed by atoms with E-state index in [1.807, 2.05) is 6.07 Å². The van der Waals surface area contributed by atoms with Crippen LogP contribution >= 0.6 is 0 Å². The molecule has 0 radical (unpaired) electrons. The summed E-state index contributed by atoms with van der Waals surface area (Å²) in [7, 11) is 3.40. The van der Waals surface area contributed by atoms with Gasteiger partial charge in [0.25, 0.3) is 6.47 Å². The molecule has 1 aromatic heterocycles. The molecule has 6 heteroatoms. The summed E-state index contributed by atoms with van der Waals surface area (Å²) in [6.07, 6.45) is 3.37. The first kappa shape index (κ1) is 20.0. The van der Waals surface area contributed by atoms with E-state index in [1.54, 1.807) is 14.2 Å².